The van der Waals surface area contributed by atoms with Crippen LogP contribution in [0.25, 0.3) is 0 Å². The second-order valence-corrected chi connectivity index (χ2v) is 4.30. The van der Waals surface area contributed by atoms with Crippen LogP contribution in [0.1, 0.15) is 19.8 Å². The molecule has 0 unspecified atom stereocenters. The summed E-state index contributed by atoms with van der Waals surface area (Å²) in [4.78, 5) is 0. The number of thioether (sulfide) groups is 1. The van der Waals surface area contributed by atoms with E-state index < -0.39 is 0 Å². The number of alkyl halides is 1. The fourth-order valence-corrected chi connectivity index (χ4v) is 2.52. The lowest BCUT2D eigenvalue weighted by Crippen LogP contribution is -2.27. The maximum atomic E-state index is 5.92. The molecule has 1 saturated heterocycles. The molecule has 60 valence electrons. The van der Waals surface area contributed by atoms with Crippen LogP contribution < -0.4 is 0 Å². The summed E-state index contributed by atoms with van der Waals surface area (Å²) in [5.74, 6) is 1.14. The second kappa shape index (κ2) is 4.47. The molecule has 1 heterocycles. The van der Waals surface area contributed by atoms with Crippen molar-refractivity contribution in [1.29, 1.82) is 0 Å². The number of ether oxygens (including phenoxy) is 1. The molecule has 1 nitrogen and oxygen atoms in total. The van der Waals surface area contributed by atoms with Crippen LogP contribution in [-0.2, 0) is 4.74 Å². The minimum Gasteiger partial charge on any atom is -0.361 e. The standard InChI is InChI=1S/C7H13ClOS/c1-2-10-6-4-3-5-9-7(6)8/h6-7H,2-5H2,1H3/t6-,7-/m1/s1. The minimum absolute atomic E-state index is 0.0429. The molecule has 0 aromatic rings. The summed E-state index contributed by atoms with van der Waals surface area (Å²) >= 11 is 7.82. The number of halogens is 1. The molecule has 0 aromatic carbocycles. The third-order valence-electron chi connectivity index (χ3n) is 1.58. The SMILES string of the molecule is CCS[C@@H]1CCCO[C@H]1Cl. The molecule has 0 aliphatic carbocycles. The molecular formula is C7H13ClOS. The number of rotatable bonds is 2. The Balaban J connectivity index is 2.25. The zero-order chi connectivity index (χ0) is 7.40. The van der Waals surface area contributed by atoms with Crippen LogP contribution >= 0.6 is 23.4 Å². The van der Waals surface area contributed by atoms with E-state index >= 15 is 0 Å². The van der Waals surface area contributed by atoms with E-state index in [1.807, 2.05) is 11.8 Å². The van der Waals surface area contributed by atoms with Gasteiger partial charge in [0.15, 0.2) is 0 Å². The van der Waals surface area contributed by atoms with Crippen molar-refractivity contribution in [2.75, 3.05) is 12.4 Å². The van der Waals surface area contributed by atoms with Crippen LogP contribution in [0.3, 0.4) is 0 Å². The average molecular weight is 181 g/mol. The van der Waals surface area contributed by atoms with E-state index in [9.17, 15) is 0 Å². The first-order valence-electron chi connectivity index (χ1n) is 3.72. The van der Waals surface area contributed by atoms with Crippen molar-refractivity contribution in [2.24, 2.45) is 0 Å². The smallest absolute Gasteiger partial charge is 0.142 e. The Bertz CT molecular complexity index is 97.6. The van der Waals surface area contributed by atoms with Crippen LogP contribution in [0.5, 0.6) is 0 Å². The lowest BCUT2D eigenvalue weighted by Gasteiger charge is -2.26. The molecule has 0 bridgehead atoms. The molecule has 1 aliphatic rings. The highest BCUT2D eigenvalue weighted by Gasteiger charge is 2.22. The van der Waals surface area contributed by atoms with Crippen LogP contribution in [0.4, 0.5) is 0 Å². The lowest BCUT2D eigenvalue weighted by molar-refractivity contribution is 0.0728. The fourth-order valence-electron chi connectivity index (χ4n) is 1.09. The van der Waals surface area contributed by atoms with Crippen molar-refractivity contribution in [3.05, 3.63) is 0 Å². The van der Waals surface area contributed by atoms with Gasteiger partial charge in [-0.3, -0.25) is 0 Å². The van der Waals surface area contributed by atoms with E-state index in [-0.39, 0.29) is 5.56 Å². The molecule has 1 fully saturated rings. The zero-order valence-corrected chi connectivity index (χ0v) is 7.75. The monoisotopic (exact) mass is 180 g/mol. The normalized spacial score (nSPS) is 34.2. The van der Waals surface area contributed by atoms with Gasteiger partial charge in [0.05, 0.1) is 0 Å². The second-order valence-electron chi connectivity index (χ2n) is 2.36. The maximum absolute atomic E-state index is 5.92. The van der Waals surface area contributed by atoms with Gasteiger partial charge in [-0.15, -0.1) is 0 Å². The Kier molecular flexibility index (Phi) is 3.89. The van der Waals surface area contributed by atoms with Crippen LogP contribution in [-0.4, -0.2) is 23.2 Å². The molecule has 1 aliphatic heterocycles. The van der Waals surface area contributed by atoms with E-state index in [0.29, 0.717) is 5.25 Å². The Morgan fingerprint density at radius 2 is 2.50 bits per heavy atom. The van der Waals surface area contributed by atoms with Crippen molar-refractivity contribution >= 4 is 23.4 Å². The summed E-state index contributed by atoms with van der Waals surface area (Å²) in [7, 11) is 0. The van der Waals surface area contributed by atoms with Gasteiger partial charge < -0.3 is 4.74 Å². The summed E-state index contributed by atoms with van der Waals surface area (Å²) in [6.45, 7) is 3.00. The van der Waals surface area contributed by atoms with Crippen LogP contribution in [0, 0.1) is 0 Å². The topological polar surface area (TPSA) is 9.23 Å². The third kappa shape index (κ3) is 2.33. The molecule has 3 heteroatoms. The lowest BCUT2D eigenvalue weighted by atomic mass is 10.2. The largest absolute Gasteiger partial charge is 0.361 e. The van der Waals surface area contributed by atoms with Gasteiger partial charge in [-0.05, 0) is 18.6 Å². The van der Waals surface area contributed by atoms with E-state index in [1.54, 1.807) is 0 Å². The van der Waals surface area contributed by atoms with Crippen molar-refractivity contribution in [1.82, 2.24) is 0 Å². The number of hydrogen-bond donors (Lipinski definition) is 0. The number of hydrogen-bond acceptors (Lipinski definition) is 2. The van der Waals surface area contributed by atoms with Gasteiger partial charge in [0.2, 0.25) is 0 Å². The molecule has 1 rings (SSSR count). The van der Waals surface area contributed by atoms with Gasteiger partial charge in [0.25, 0.3) is 0 Å². The highest BCUT2D eigenvalue weighted by Crippen LogP contribution is 2.27. The maximum Gasteiger partial charge on any atom is 0.142 e. The molecule has 0 amide bonds. The molecular weight excluding hydrogens is 168 g/mol. The fraction of sp³-hybridized carbons (Fsp3) is 1.00. The summed E-state index contributed by atoms with van der Waals surface area (Å²) in [6.07, 6.45) is 2.38. The van der Waals surface area contributed by atoms with Crippen molar-refractivity contribution in [2.45, 2.75) is 30.6 Å². The molecule has 0 spiro atoms. The van der Waals surface area contributed by atoms with Crippen molar-refractivity contribution in [3.8, 4) is 0 Å². The van der Waals surface area contributed by atoms with Gasteiger partial charge in [0, 0.05) is 11.9 Å². The van der Waals surface area contributed by atoms with Gasteiger partial charge in [-0.25, -0.2) is 0 Å². The highest BCUT2D eigenvalue weighted by molar-refractivity contribution is 7.99. The summed E-state index contributed by atoms with van der Waals surface area (Å²) in [5.41, 5.74) is -0.0429. The first kappa shape index (κ1) is 8.69. The van der Waals surface area contributed by atoms with Crippen molar-refractivity contribution in [3.63, 3.8) is 0 Å². The highest BCUT2D eigenvalue weighted by atomic mass is 35.5. The Labute approximate surface area is 71.5 Å². The van der Waals surface area contributed by atoms with Gasteiger partial charge in [0.1, 0.15) is 5.56 Å². The molecule has 0 N–H and O–H groups in total. The van der Waals surface area contributed by atoms with Gasteiger partial charge in [-0.2, -0.15) is 11.8 Å². The van der Waals surface area contributed by atoms with E-state index in [1.165, 1.54) is 12.8 Å². The minimum atomic E-state index is -0.0429. The summed E-state index contributed by atoms with van der Waals surface area (Å²) in [5, 5.41) is 0.528. The predicted molar refractivity (Wildman–Crippen MR) is 46.7 cm³/mol. The zero-order valence-electron chi connectivity index (χ0n) is 6.18. The summed E-state index contributed by atoms with van der Waals surface area (Å²) < 4.78 is 5.29. The first-order chi connectivity index (χ1) is 4.84. The molecule has 0 saturated carbocycles. The van der Waals surface area contributed by atoms with E-state index in [0.717, 1.165) is 12.4 Å². The Morgan fingerprint density at radius 3 is 3.10 bits per heavy atom. The average Bonchev–Trinajstić information content (AvgIpc) is 1.94. The molecule has 0 radical (unpaired) electrons. The molecule has 2 atom stereocenters. The van der Waals surface area contributed by atoms with Crippen LogP contribution in [0.2, 0.25) is 0 Å². The van der Waals surface area contributed by atoms with Crippen molar-refractivity contribution < 1.29 is 4.74 Å². The molecule has 0 aromatic heterocycles. The Morgan fingerprint density at radius 1 is 1.70 bits per heavy atom. The summed E-state index contributed by atoms with van der Waals surface area (Å²) in [6, 6.07) is 0. The quantitative estimate of drug-likeness (QED) is 0.604. The van der Waals surface area contributed by atoms with Gasteiger partial charge >= 0.3 is 0 Å². The third-order valence-corrected chi connectivity index (χ3v) is 3.41. The van der Waals surface area contributed by atoms with Crippen LogP contribution in [0.15, 0.2) is 0 Å². The van der Waals surface area contributed by atoms with E-state index in [2.05, 4.69) is 6.92 Å². The first-order valence-corrected chi connectivity index (χ1v) is 5.20. The van der Waals surface area contributed by atoms with Gasteiger partial charge in [-0.1, -0.05) is 18.5 Å². The van der Waals surface area contributed by atoms with E-state index in [4.69, 9.17) is 16.3 Å². The predicted octanol–water partition coefficient (Wildman–Crippen LogP) is 2.48. The Hall–Kier alpha value is 0.600. The molecule has 10 heavy (non-hydrogen) atoms.